The van der Waals surface area contributed by atoms with E-state index in [0.29, 0.717) is 13.1 Å². The molecule has 3 rings (SSSR count). The molecule has 2 aliphatic rings. The number of ether oxygens (including phenoxy) is 1. The van der Waals surface area contributed by atoms with Crippen molar-refractivity contribution in [2.45, 2.75) is 24.3 Å². The number of nitrogens with zero attached hydrogens (tertiary/aromatic N) is 2. The summed E-state index contributed by atoms with van der Waals surface area (Å²) in [5, 5.41) is 0. The van der Waals surface area contributed by atoms with Crippen molar-refractivity contribution < 1.29 is 17.5 Å². The van der Waals surface area contributed by atoms with Gasteiger partial charge in [-0.05, 0) is 25.5 Å². The second-order valence-corrected chi connectivity index (χ2v) is 7.84. The van der Waals surface area contributed by atoms with Gasteiger partial charge in [-0.25, -0.2) is 12.8 Å². The van der Waals surface area contributed by atoms with Crippen molar-refractivity contribution in [3.8, 4) is 5.75 Å². The van der Waals surface area contributed by atoms with Crippen molar-refractivity contribution in [1.29, 1.82) is 0 Å². The highest BCUT2D eigenvalue weighted by atomic mass is 32.2. The molecule has 1 fully saturated rings. The van der Waals surface area contributed by atoms with Crippen LogP contribution in [0, 0.1) is 12.7 Å². The topological polar surface area (TPSA) is 49.9 Å². The lowest BCUT2D eigenvalue weighted by atomic mass is 10.2. The lowest BCUT2D eigenvalue weighted by molar-refractivity contribution is 0.261. The van der Waals surface area contributed by atoms with E-state index in [1.807, 2.05) is 0 Å². The van der Waals surface area contributed by atoms with Gasteiger partial charge in [0.1, 0.15) is 0 Å². The third kappa shape index (κ3) is 2.88. The molecule has 0 aliphatic carbocycles. The van der Waals surface area contributed by atoms with Gasteiger partial charge in [0.15, 0.2) is 11.6 Å². The number of sulfonamides is 1. The Kier molecular flexibility index (Phi) is 4.44. The molecule has 0 aromatic heterocycles. The molecular weight excluding hydrogens is 319 g/mol. The number of halogens is 1. The van der Waals surface area contributed by atoms with E-state index < -0.39 is 15.8 Å². The molecule has 2 aliphatic heterocycles. The van der Waals surface area contributed by atoms with E-state index in [9.17, 15) is 12.8 Å². The Balaban J connectivity index is 1.84. The fourth-order valence-corrected chi connectivity index (χ4v) is 4.95. The maximum Gasteiger partial charge on any atom is 0.243 e. The second kappa shape index (κ2) is 6.22. The van der Waals surface area contributed by atoms with Crippen LogP contribution in [-0.2, 0) is 10.0 Å². The molecule has 0 spiro atoms. The summed E-state index contributed by atoms with van der Waals surface area (Å²) in [6, 6.07) is 3.02. The fraction of sp³-hybridized carbons (Fsp3) is 0.500. The van der Waals surface area contributed by atoms with Gasteiger partial charge in [0.05, 0.1) is 12.0 Å². The molecule has 2 heterocycles. The number of benzene rings is 1. The van der Waals surface area contributed by atoms with Gasteiger partial charge in [0.2, 0.25) is 10.0 Å². The van der Waals surface area contributed by atoms with E-state index in [2.05, 4.69) is 17.1 Å². The molecule has 0 bridgehead atoms. The van der Waals surface area contributed by atoms with E-state index in [1.54, 1.807) is 0 Å². The molecule has 126 valence electrons. The summed E-state index contributed by atoms with van der Waals surface area (Å²) in [7, 11) is -2.33. The summed E-state index contributed by atoms with van der Waals surface area (Å²) in [6.07, 6.45) is 5.00. The molecule has 0 unspecified atom stereocenters. The highest BCUT2D eigenvalue weighted by molar-refractivity contribution is 7.89. The number of rotatable bonds is 4. The number of hydrogen-bond donors (Lipinski definition) is 0. The monoisotopic (exact) mass is 340 g/mol. The van der Waals surface area contributed by atoms with Gasteiger partial charge in [-0.1, -0.05) is 12.2 Å². The summed E-state index contributed by atoms with van der Waals surface area (Å²) in [5.74, 6) is -0.558. The van der Waals surface area contributed by atoms with Gasteiger partial charge in [-0.2, -0.15) is 4.31 Å². The van der Waals surface area contributed by atoms with Gasteiger partial charge < -0.3 is 4.74 Å². The SMILES string of the molecule is COc1ccc(S(=O)(=O)N2CC[C@@H](N3CC=CC3)C2)c(C)c1F. The quantitative estimate of drug-likeness (QED) is 0.784. The maximum atomic E-state index is 14.2. The molecular formula is C16H21FN2O3S. The van der Waals surface area contributed by atoms with E-state index in [0.717, 1.165) is 19.5 Å². The Morgan fingerprint density at radius 1 is 1.26 bits per heavy atom. The van der Waals surface area contributed by atoms with Crippen LogP contribution in [0.2, 0.25) is 0 Å². The molecule has 1 saturated heterocycles. The van der Waals surface area contributed by atoms with Crippen LogP contribution >= 0.6 is 0 Å². The Hall–Kier alpha value is -1.44. The Morgan fingerprint density at radius 2 is 1.96 bits per heavy atom. The third-order valence-corrected chi connectivity index (χ3v) is 6.64. The zero-order valence-corrected chi connectivity index (χ0v) is 14.1. The minimum absolute atomic E-state index is 0.0241. The molecule has 1 aromatic carbocycles. The number of hydrogen-bond acceptors (Lipinski definition) is 4. The first-order valence-electron chi connectivity index (χ1n) is 7.67. The summed E-state index contributed by atoms with van der Waals surface area (Å²) in [6.45, 7) is 4.14. The Morgan fingerprint density at radius 3 is 2.61 bits per heavy atom. The van der Waals surface area contributed by atoms with Crippen LogP contribution in [0.25, 0.3) is 0 Å². The third-order valence-electron chi connectivity index (χ3n) is 4.63. The van der Waals surface area contributed by atoms with Crippen molar-refractivity contribution in [1.82, 2.24) is 9.21 Å². The summed E-state index contributed by atoms with van der Waals surface area (Å²) in [5.41, 5.74) is 0.107. The van der Waals surface area contributed by atoms with Crippen molar-refractivity contribution in [2.24, 2.45) is 0 Å². The highest BCUT2D eigenvalue weighted by Crippen LogP contribution is 2.30. The molecule has 1 atom stereocenters. The van der Waals surface area contributed by atoms with E-state index >= 15 is 0 Å². The zero-order valence-electron chi connectivity index (χ0n) is 13.3. The normalized spacial score (nSPS) is 22.8. The van der Waals surface area contributed by atoms with E-state index in [4.69, 9.17) is 4.74 Å². The maximum absolute atomic E-state index is 14.2. The Labute approximate surface area is 136 Å². The highest BCUT2D eigenvalue weighted by Gasteiger charge is 2.36. The van der Waals surface area contributed by atoms with Crippen molar-refractivity contribution in [2.75, 3.05) is 33.3 Å². The Bertz CT molecular complexity index is 725. The smallest absolute Gasteiger partial charge is 0.243 e. The molecule has 0 saturated carbocycles. The van der Waals surface area contributed by atoms with Crippen LogP contribution < -0.4 is 4.74 Å². The molecule has 0 amide bonds. The molecule has 1 aromatic rings. The minimum Gasteiger partial charge on any atom is -0.494 e. The molecule has 5 nitrogen and oxygen atoms in total. The van der Waals surface area contributed by atoms with Gasteiger partial charge >= 0.3 is 0 Å². The fourth-order valence-electron chi connectivity index (χ4n) is 3.24. The van der Waals surface area contributed by atoms with Gasteiger partial charge in [0.25, 0.3) is 0 Å². The predicted molar refractivity (Wildman–Crippen MR) is 85.6 cm³/mol. The van der Waals surface area contributed by atoms with Crippen molar-refractivity contribution in [3.63, 3.8) is 0 Å². The minimum atomic E-state index is -3.69. The van der Waals surface area contributed by atoms with Crippen LogP contribution in [0.1, 0.15) is 12.0 Å². The van der Waals surface area contributed by atoms with Crippen LogP contribution in [-0.4, -0.2) is 57.0 Å². The first-order valence-corrected chi connectivity index (χ1v) is 9.11. The van der Waals surface area contributed by atoms with Gasteiger partial charge in [-0.15, -0.1) is 0 Å². The van der Waals surface area contributed by atoms with Crippen molar-refractivity contribution in [3.05, 3.63) is 35.7 Å². The first kappa shape index (κ1) is 16.4. The predicted octanol–water partition coefficient (Wildman–Crippen LogP) is 1.78. The van der Waals surface area contributed by atoms with Crippen molar-refractivity contribution >= 4 is 10.0 Å². The van der Waals surface area contributed by atoms with Gasteiger partial charge in [0, 0.05) is 37.8 Å². The summed E-state index contributed by atoms with van der Waals surface area (Å²) in [4.78, 5) is 2.28. The van der Waals surface area contributed by atoms with Crippen LogP contribution in [0.5, 0.6) is 5.75 Å². The zero-order chi connectivity index (χ0) is 16.6. The van der Waals surface area contributed by atoms with Crippen LogP contribution in [0.3, 0.4) is 0 Å². The van der Waals surface area contributed by atoms with Gasteiger partial charge in [-0.3, -0.25) is 4.90 Å². The molecule has 23 heavy (non-hydrogen) atoms. The molecule has 0 N–H and O–H groups in total. The second-order valence-electron chi connectivity index (χ2n) is 5.94. The van der Waals surface area contributed by atoms with E-state index in [-0.39, 0.29) is 22.3 Å². The van der Waals surface area contributed by atoms with Crippen LogP contribution in [0.4, 0.5) is 4.39 Å². The van der Waals surface area contributed by atoms with E-state index in [1.165, 1.54) is 30.5 Å². The first-order chi connectivity index (χ1) is 10.9. The largest absolute Gasteiger partial charge is 0.494 e. The van der Waals surface area contributed by atoms with Crippen LogP contribution in [0.15, 0.2) is 29.2 Å². The standard InChI is InChI=1S/C16H21FN2O3S/c1-12-15(6-5-14(22-2)16(12)17)23(20,21)19-10-7-13(11-19)18-8-3-4-9-18/h3-6,13H,7-11H2,1-2H3/t13-/m1/s1. The molecule has 7 heteroatoms. The lowest BCUT2D eigenvalue weighted by Gasteiger charge is -2.24. The average Bonchev–Trinajstić information content (AvgIpc) is 3.20. The average molecular weight is 340 g/mol. The summed E-state index contributed by atoms with van der Waals surface area (Å²) < 4.78 is 46.3. The number of methoxy groups -OCH3 is 1. The molecule has 0 radical (unpaired) electrons. The summed E-state index contributed by atoms with van der Waals surface area (Å²) >= 11 is 0. The lowest BCUT2D eigenvalue weighted by Crippen LogP contribution is -2.37.